The quantitative estimate of drug-likeness (QED) is 0.175. The predicted molar refractivity (Wildman–Crippen MR) is 197 cm³/mol. The Bertz CT molecular complexity index is 2470. The fourth-order valence-corrected chi connectivity index (χ4v) is 6.59. The summed E-state index contributed by atoms with van der Waals surface area (Å²) in [6.45, 7) is 0. The van der Waals surface area contributed by atoms with Crippen molar-refractivity contribution in [2.45, 2.75) is 0 Å². The molecule has 0 fully saturated rings. The zero-order chi connectivity index (χ0) is 32.6. The number of rotatable bonds is 7. The van der Waals surface area contributed by atoms with Gasteiger partial charge in [0.2, 0.25) is 0 Å². The summed E-state index contributed by atoms with van der Waals surface area (Å²) in [7, 11) is 0. The maximum absolute atomic E-state index is 4.64. The molecule has 5 aromatic carbocycles. The largest absolute Gasteiger partial charge is 0.311 e. The van der Waals surface area contributed by atoms with Crippen LogP contribution in [0.3, 0.4) is 0 Å². The second-order valence-electron chi connectivity index (χ2n) is 11.7. The Morgan fingerprint density at radius 2 is 1.02 bits per heavy atom. The van der Waals surface area contributed by atoms with Crippen molar-refractivity contribution in [2.24, 2.45) is 0 Å². The lowest BCUT2D eigenvalue weighted by atomic mass is 10.1. The molecule has 232 valence electrons. The number of para-hydroxylation sites is 3. The molecule has 0 saturated heterocycles. The maximum atomic E-state index is 4.64. The molecule has 0 radical (unpaired) electrons. The fraction of sp³-hybridized carbons (Fsp3) is 0. The van der Waals surface area contributed by atoms with Crippen molar-refractivity contribution in [1.29, 1.82) is 0 Å². The van der Waals surface area contributed by atoms with Crippen molar-refractivity contribution < 1.29 is 0 Å². The molecule has 0 amide bonds. The van der Waals surface area contributed by atoms with Crippen molar-refractivity contribution in [2.75, 3.05) is 4.90 Å². The molecule has 0 unspecified atom stereocenters. The van der Waals surface area contributed by atoms with Crippen LogP contribution in [0.25, 0.3) is 56.1 Å². The van der Waals surface area contributed by atoms with E-state index in [0.29, 0.717) is 11.6 Å². The van der Waals surface area contributed by atoms with Gasteiger partial charge in [0.1, 0.15) is 5.82 Å². The highest BCUT2D eigenvalue weighted by molar-refractivity contribution is 6.09. The first-order chi connectivity index (χ1) is 24.3. The summed E-state index contributed by atoms with van der Waals surface area (Å²) in [4.78, 5) is 11.2. The van der Waals surface area contributed by atoms with Gasteiger partial charge in [-0.05, 0) is 97.1 Å². The summed E-state index contributed by atoms with van der Waals surface area (Å²) in [5, 5.41) is 11.7. The number of hydrogen-bond acceptors (Lipinski definition) is 5. The second kappa shape index (κ2) is 12.1. The number of benzene rings is 5. The fourth-order valence-electron chi connectivity index (χ4n) is 6.59. The first-order valence-electron chi connectivity index (χ1n) is 16.1. The maximum Gasteiger partial charge on any atom is 0.171 e. The van der Waals surface area contributed by atoms with Crippen molar-refractivity contribution in [3.05, 3.63) is 176 Å². The number of aromatic nitrogens is 6. The smallest absolute Gasteiger partial charge is 0.171 e. The summed E-state index contributed by atoms with van der Waals surface area (Å²) in [5.74, 6) is 2.12. The molecule has 0 bridgehead atoms. The summed E-state index contributed by atoms with van der Waals surface area (Å²) in [6, 6.07) is 54.6. The van der Waals surface area contributed by atoms with Crippen LogP contribution in [-0.4, -0.2) is 29.3 Å². The average Bonchev–Trinajstić information content (AvgIpc) is 3.77. The molecule has 4 heterocycles. The molecule has 7 nitrogen and oxygen atoms in total. The van der Waals surface area contributed by atoms with Crippen molar-refractivity contribution >= 4 is 38.9 Å². The highest BCUT2D eigenvalue weighted by Crippen LogP contribution is 2.38. The highest BCUT2D eigenvalue weighted by atomic mass is 15.3. The zero-order valence-electron chi connectivity index (χ0n) is 26.4. The van der Waals surface area contributed by atoms with E-state index >= 15 is 0 Å². The third-order valence-corrected chi connectivity index (χ3v) is 8.81. The van der Waals surface area contributed by atoms with E-state index < -0.39 is 0 Å². The standard InChI is InChI=1S/C42H29N7/c1-2-12-32(13-3-1)47(34-23-25-35(26-24-34)48-38-16-6-4-14-36(38)37-15-5-7-17-39(37)48)33-21-19-30(20-22-33)41-45-46-42(31-11-10-27-43-29-31)49(41)40-18-8-9-28-44-40/h1-29H. The lowest BCUT2D eigenvalue weighted by Gasteiger charge is -2.26. The Morgan fingerprint density at radius 3 is 1.65 bits per heavy atom. The molecule has 0 aliphatic heterocycles. The van der Waals surface area contributed by atoms with Crippen LogP contribution in [0.1, 0.15) is 0 Å². The molecule has 0 spiro atoms. The molecule has 7 heteroatoms. The van der Waals surface area contributed by atoms with E-state index in [0.717, 1.165) is 39.7 Å². The molecule has 9 rings (SSSR count). The Balaban J connectivity index is 1.12. The molecule has 9 aromatic rings. The highest BCUT2D eigenvalue weighted by Gasteiger charge is 2.20. The number of pyridine rings is 2. The number of fused-ring (bicyclic) bond motifs is 3. The third kappa shape index (κ3) is 5.01. The third-order valence-electron chi connectivity index (χ3n) is 8.81. The van der Waals surface area contributed by atoms with Gasteiger partial charge in [-0.1, -0.05) is 60.7 Å². The molecule has 0 aliphatic rings. The zero-order valence-corrected chi connectivity index (χ0v) is 26.4. The number of nitrogens with zero attached hydrogens (tertiary/aromatic N) is 7. The molecular formula is C42H29N7. The van der Waals surface area contributed by atoms with Crippen molar-refractivity contribution in [3.8, 4) is 34.3 Å². The number of anilines is 3. The minimum atomic E-state index is 0.681. The van der Waals surface area contributed by atoms with E-state index in [4.69, 9.17) is 0 Å². The van der Waals surface area contributed by atoms with Gasteiger partial charge in [-0.3, -0.25) is 9.55 Å². The Labute approximate surface area is 283 Å². The van der Waals surface area contributed by atoms with E-state index in [9.17, 15) is 0 Å². The van der Waals surface area contributed by atoms with Gasteiger partial charge >= 0.3 is 0 Å². The molecule has 0 N–H and O–H groups in total. The molecule has 0 atom stereocenters. The van der Waals surface area contributed by atoms with Crippen LogP contribution < -0.4 is 4.90 Å². The van der Waals surface area contributed by atoms with Crippen molar-refractivity contribution in [1.82, 2.24) is 29.3 Å². The minimum Gasteiger partial charge on any atom is -0.311 e. The summed E-state index contributed by atoms with van der Waals surface area (Å²) in [5.41, 5.74) is 8.43. The average molecular weight is 632 g/mol. The van der Waals surface area contributed by atoms with Gasteiger partial charge in [0, 0.05) is 63.2 Å². The first kappa shape index (κ1) is 28.4. The van der Waals surface area contributed by atoms with E-state index in [1.807, 2.05) is 41.0 Å². The molecule has 49 heavy (non-hydrogen) atoms. The van der Waals surface area contributed by atoms with Crippen LogP contribution in [0, 0.1) is 0 Å². The van der Waals surface area contributed by atoms with Crippen molar-refractivity contribution in [3.63, 3.8) is 0 Å². The first-order valence-corrected chi connectivity index (χ1v) is 16.1. The minimum absolute atomic E-state index is 0.681. The van der Waals surface area contributed by atoms with Gasteiger partial charge in [0.15, 0.2) is 11.6 Å². The second-order valence-corrected chi connectivity index (χ2v) is 11.7. The summed E-state index contributed by atoms with van der Waals surface area (Å²) < 4.78 is 4.32. The van der Waals surface area contributed by atoms with Gasteiger partial charge in [0.05, 0.1) is 11.0 Å². The van der Waals surface area contributed by atoms with E-state index in [1.54, 1.807) is 18.6 Å². The summed E-state index contributed by atoms with van der Waals surface area (Å²) in [6.07, 6.45) is 5.32. The van der Waals surface area contributed by atoms with Crippen LogP contribution in [0.15, 0.2) is 176 Å². The SMILES string of the molecule is c1ccc(N(c2ccc(-c3nnc(-c4cccnc4)n3-c3ccccn3)cc2)c2ccc(-n3c4ccccc4c4ccccc43)cc2)cc1. The molecule has 0 aliphatic carbocycles. The summed E-state index contributed by atoms with van der Waals surface area (Å²) >= 11 is 0. The lowest BCUT2D eigenvalue weighted by molar-refractivity contribution is 1.00. The van der Waals surface area contributed by atoms with Gasteiger partial charge < -0.3 is 9.47 Å². The molecule has 4 aromatic heterocycles. The number of hydrogen-bond donors (Lipinski definition) is 0. The Morgan fingerprint density at radius 1 is 0.429 bits per heavy atom. The van der Waals surface area contributed by atoms with Gasteiger partial charge in [0.25, 0.3) is 0 Å². The topological polar surface area (TPSA) is 64.7 Å². The molecular weight excluding hydrogens is 603 g/mol. The Hall–Kier alpha value is -6.86. The van der Waals surface area contributed by atoms with E-state index in [1.165, 1.54) is 21.8 Å². The Kier molecular flexibility index (Phi) is 6.98. The predicted octanol–water partition coefficient (Wildman–Crippen LogP) is 9.96. The molecule has 0 saturated carbocycles. The monoisotopic (exact) mass is 631 g/mol. The lowest BCUT2D eigenvalue weighted by Crippen LogP contribution is -2.10. The van der Waals surface area contributed by atoms with E-state index in [2.05, 4.69) is 151 Å². The van der Waals surface area contributed by atoms with Crippen LogP contribution >= 0.6 is 0 Å². The normalized spacial score (nSPS) is 11.3. The van der Waals surface area contributed by atoms with Crippen LogP contribution in [0.5, 0.6) is 0 Å². The van der Waals surface area contributed by atoms with Crippen LogP contribution in [-0.2, 0) is 0 Å². The van der Waals surface area contributed by atoms with Gasteiger partial charge in [-0.25, -0.2) is 4.98 Å². The van der Waals surface area contributed by atoms with Crippen LogP contribution in [0.2, 0.25) is 0 Å². The van der Waals surface area contributed by atoms with Crippen LogP contribution in [0.4, 0.5) is 17.1 Å². The van der Waals surface area contributed by atoms with Gasteiger partial charge in [-0.15, -0.1) is 10.2 Å². The van der Waals surface area contributed by atoms with E-state index in [-0.39, 0.29) is 0 Å². The van der Waals surface area contributed by atoms with Gasteiger partial charge in [-0.2, -0.15) is 0 Å².